The molecule has 0 saturated carbocycles. The van der Waals surface area contributed by atoms with Crippen molar-refractivity contribution in [3.05, 3.63) is 47.7 Å². The molecule has 1 aromatic rings. The van der Waals surface area contributed by atoms with Crippen molar-refractivity contribution in [3.8, 4) is 6.07 Å². The molecule has 128 valence electrons. The smallest absolute Gasteiger partial charge is 0.263 e. The van der Waals surface area contributed by atoms with E-state index in [1.807, 2.05) is 24.3 Å². The Hall–Kier alpha value is -2.36. The molecule has 0 bridgehead atoms. The lowest BCUT2D eigenvalue weighted by atomic mass is 10.1. The summed E-state index contributed by atoms with van der Waals surface area (Å²) in [4.78, 5) is 14.3. The normalized spacial score (nSPS) is 15.5. The van der Waals surface area contributed by atoms with Gasteiger partial charge in [0.25, 0.3) is 5.91 Å². The van der Waals surface area contributed by atoms with Gasteiger partial charge in [-0.05, 0) is 12.0 Å². The van der Waals surface area contributed by atoms with Gasteiger partial charge in [0.05, 0.1) is 0 Å². The summed E-state index contributed by atoms with van der Waals surface area (Å²) in [6, 6.07) is 12.0. The summed E-state index contributed by atoms with van der Waals surface area (Å²) in [6.07, 6.45) is 2.35. The van der Waals surface area contributed by atoms with Crippen LogP contribution in [0.1, 0.15) is 5.56 Å². The van der Waals surface area contributed by atoms with Crippen LogP contribution in [0.5, 0.6) is 0 Å². The van der Waals surface area contributed by atoms with E-state index in [4.69, 9.17) is 5.26 Å². The van der Waals surface area contributed by atoms with E-state index in [2.05, 4.69) is 33.0 Å². The summed E-state index contributed by atoms with van der Waals surface area (Å²) >= 11 is 0. The Labute approximate surface area is 143 Å². The number of hydrogen-bond donors (Lipinski definition) is 3. The molecule has 1 aliphatic heterocycles. The van der Waals surface area contributed by atoms with Crippen molar-refractivity contribution in [2.45, 2.75) is 6.42 Å². The van der Waals surface area contributed by atoms with Gasteiger partial charge in [-0.1, -0.05) is 30.3 Å². The third kappa shape index (κ3) is 6.41. The first kappa shape index (κ1) is 18.0. The standard InChI is InChI=1S/C18H25N5O/c19-14-17(15-21-7-6-16-4-2-1-3-5-16)18(24)22-10-13-23-11-8-20-9-12-23/h1-5,15,20-21H,6-13H2,(H,22,24)/b17-15-. The number of carbonyl (C=O) groups is 1. The average molecular weight is 327 g/mol. The van der Waals surface area contributed by atoms with Gasteiger partial charge in [-0.3, -0.25) is 9.69 Å². The summed E-state index contributed by atoms with van der Waals surface area (Å²) in [7, 11) is 0. The lowest BCUT2D eigenvalue weighted by molar-refractivity contribution is -0.117. The van der Waals surface area contributed by atoms with Gasteiger partial charge in [-0.25, -0.2) is 0 Å². The number of piperazine rings is 1. The Morgan fingerprint density at radius 1 is 1.25 bits per heavy atom. The van der Waals surface area contributed by atoms with Crippen molar-refractivity contribution in [2.75, 3.05) is 45.8 Å². The molecular formula is C18H25N5O. The van der Waals surface area contributed by atoms with Crippen LogP contribution in [0.4, 0.5) is 0 Å². The van der Waals surface area contributed by atoms with Crippen LogP contribution in [-0.4, -0.2) is 56.6 Å². The molecule has 3 N–H and O–H groups in total. The Balaban J connectivity index is 1.67. The van der Waals surface area contributed by atoms with Crippen molar-refractivity contribution in [2.24, 2.45) is 0 Å². The van der Waals surface area contributed by atoms with Crippen LogP contribution >= 0.6 is 0 Å². The molecule has 6 heteroatoms. The minimum atomic E-state index is -0.320. The third-order valence-corrected chi connectivity index (χ3v) is 3.94. The molecule has 1 aliphatic rings. The minimum Gasteiger partial charge on any atom is -0.389 e. The zero-order valence-corrected chi connectivity index (χ0v) is 13.9. The molecule has 0 spiro atoms. The molecule has 1 amide bonds. The summed E-state index contributed by atoms with van der Waals surface area (Å²) in [5.74, 6) is -0.320. The second kappa shape index (κ2) is 10.4. The van der Waals surface area contributed by atoms with Crippen LogP contribution in [0.15, 0.2) is 42.1 Å². The van der Waals surface area contributed by atoms with Gasteiger partial charge in [-0.15, -0.1) is 0 Å². The molecule has 1 saturated heterocycles. The predicted octanol–water partition coefficient (Wildman–Crippen LogP) is 0.248. The van der Waals surface area contributed by atoms with Gasteiger partial charge in [-0.2, -0.15) is 5.26 Å². The molecule has 1 heterocycles. The third-order valence-electron chi connectivity index (χ3n) is 3.94. The van der Waals surface area contributed by atoms with Crippen LogP contribution in [0.25, 0.3) is 0 Å². The maximum absolute atomic E-state index is 12.0. The molecule has 1 fully saturated rings. The number of carbonyl (C=O) groups excluding carboxylic acids is 1. The highest BCUT2D eigenvalue weighted by molar-refractivity contribution is 5.97. The summed E-state index contributed by atoms with van der Waals surface area (Å²) < 4.78 is 0. The molecule has 2 rings (SSSR count). The summed E-state index contributed by atoms with van der Waals surface area (Å²) in [5.41, 5.74) is 1.33. The number of rotatable bonds is 8. The van der Waals surface area contributed by atoms with E-state index in [9.17, 15) is 4.79 Å². The number of amides is 1. The summed E-state index contributed by atoms with van der Waals surface area (Å²) in [5, 5.41) is 18.3. The topological polar surface area (TPSA) is 80.2 Å². The maximum Gasteiger partial charge on any atom is 0.263 e. The van der Waals surface area contributed by atoms with Gasteiger partial charge in [0.1, 0.15) is 11.6 Å². The highest BCUT2D eigenvalue weighted by Crippen LogP contribution is 1.98. The Morgan fingerprint density at radius 3 is 2.71 bits per heavy atom. The zero-order valence-electron chi connectivity index (χ0n) is 13.9. The van der Waals surface area contributed by atoms with Gasteiger partial charge >= 0.3 is 0 Å². The number of hydrogen-bond acceptors (Lipinski definition) is 5. The Bertz CT molecular complexity index is 573. The second-order valence-electron chi connectivity index (χ2n) is 5.71. The largest absolute Gasteiger partial charge is 0.389 e. The lowest BCUT2D eigenvalue weighted by Gasteiger charge is -2.27. The fourth-order valence-corrected chi connectivity index (χ4v) is 2.54. The number of nitrogens with zero attached hydrogens (tertiary/aromatic N) is 2. The molecule has 24 heavy (non-hydrogen) atoms. The fourth-order valence-electron chi connectivity index (χ4n) is 2.54. The zero-order chi connectivity index (χ0) is 17.0. The van der Waals surface area contributed by atoms with E-state index >= 15 is 0 Å². The van der Waals surface area contributed by atoms with Crippen LogP contribution in [-0.2, 0) is 11.2 Å². The Kier molecular flexibility index (Phi) is 7.81. The van der Waals surface area contributed by atoms with Gasteiger partial charge in [0.15, 0.2) is 0 Å². The molecule has 0 radical (unpaired) electrons. The quantitative estimate of drug-likeness (QED) is 0.362. The first-order valence-corrected chi connectivity index (χ1v) is 8.38. The second-order valence-corrected chi connectivity index (χ2v) is 5.71. The van der Waals surface area contributed by atoms with E-state index < -0.39 is 0 Å². The lowest BCUT2D eigenvalue weighted by Crippen LogP contribution is -2.46. The van der Waals surface area contributed by atoms with Crippen LogP contribution in [0, 0.1) is 11.3 Å². The Morgan fingerprint density at radius 2 is 2.00 bits per heavy atom. The minimum absolute atomic E-state index is 0.114. The van der Waals surface area contributed by atoms with Crippen molar-refractivity contribution >= 4 is 5.91 Å². The monoisotopic (exact) mass is 327 g/mol. The van der Waals surface area contributed by atoms with E-state index in [1.165, 1.54) is 11.8 Å². The molecule has 6 nitrogen and oxygen atoms in total. The predicted molar refractivity (Wildman–Crippen MR) is 94.2 cm³/mol. The molecule has 0 aromatic heterocycles. The SMILES string of the molecule is N#C/C(=C/NCCc1ccccc1)C(=O)NCCN1CCNCC1. The van der Waals surface area contributed by atoms with Crippen molar-refractivity contribution in [3.63, 3.8) is 0 Å². The van der Waals surface area contributed by atoms with Gasteiger partial charge in [0, 0.05) is 52.0 Å². The van der Waals surface area contributed by atoms with E-state index in [0.29, 0.717) is 13.1 Å². The van der Waals surface area contributed by atoms with Crippen molar-refractivity contribution < 1.29 is 4.79 Å². The molecule has 0 atom stereocenters. The van der Waals surface area contributed by atoms with E-state index in [1.54, 1.807) is 0 Å². The maximum atomic E-state index is 12.0. The van der Waals surface area contributed by atoms with Crippen LogP contribution in [0.2, 0.25) is 0 Å². The van der Waals surface area contributed by atoms with Crippen LogP contribution in [0.3, 0.4) is 0 Å². The van der Waals surface area contributed by atoms with Crippen molar-refractivity contribution in [1.29, 1.82) is 5.26 Å². The van der Waals surface area contributed by atoms with Crippen LogP contribution < -0.4 is 16.0 Å². The first-order valence-electron chi connectivity index (χ1n) is 8.38. The molecule has 1 aromatic carbocycles. The molecule has 0 aliphatic carbocycles. The van der Waals surface area contributed by atoms with Gasteiger partial charge in [0.2, 0.25) is 0 Å². The fraction of sp³-hybridized carbons (Fsp3) is 0.444. The van der Waals surface area contributed by atoms with Crippen molar-refractivity contribution in [1.82, 2.24) is 20.9 Å². The first-order chi connectivity index (χ1) is 11.8. The number of benzene rings is 1. The molecular weight excluding hydrogens is 302 g/mol. The highest BCUT2D eigenvalue weighted by atomic mass is 16.1. The van der Waals surface area contributed by atoms with Gasteiger partial charge < -0.3 is 16.0 Å². The van der Waals surface area contributed by atoms with E-state index in [-0.39, 0.29) is 11.5 Å². The molecule has 0 unspecified atom stereocenters. The number of nitriles is 1. The highest BCUT2D eigenvalue weighted by Gasteiger charge is 2.11. The van der Waals surface area contributed by atoms with E-state index in [0.717, 1.165) is 39.1 Å². The number of nitrogens with one attached hydrogen (secondary N) is 3. The summed E-state index contributed by atoms with van der Waals surface area (Å²) in [6.45, 7) is 6.03. The average Bonchev–Trinajstić information content (AvgIpc) is 2.63.